The van der Waals surface area contributed by atoms with Crippen molar-refractivity contribution in [3.63, 3.8) is 0 Å². The molecule has 2 heterocycles. The first-order valence-corrected chi connectivity index (χ1v) is 5.08. The van der Waals surface area contributed by atoms with Gasteiger partial charge in [0.15, 0.2) is 0 Å². The number of thiocarbonyl (C=S) groups is 1. The van der Waals surface area contributed by atoms with Crippen molar-refractivity contribution in [1.82, 2.24) is 5.01 Å². The van der Waals surface area contributed by atoms with Crippen LogP contribution in [0.3, 0.4) is 0 Å². The molecule has 0 N–H and O–H groups in total. The van der Waals surface area contributed by atoms with Gasteiger partial charge in [-0.05, 0) is 31.3 Å². The van der Waals surface area contributed by atoms with E-state index in [1.807, 2.05) is 6.92 Å². The summed E-state index contributed by atoms with van der Waals surface area (Å²) in [5, 5.41) is 11.9. The minimum Gasteiger partial charge on any atom is -0.460 e. The number of hydrogen-bond donors (Lipinski definition) is 0. The number of azo groups is 1. The highest BCUT2D eigenvalue weighted by Gasteiger charge is 2.24. The zero-order valence-corrected chi connectivity index (χ0v) is 9.77. The Bertz CT molecular complexity index is 558. The monoisotopic (exact) mass is 248 g/mol. The first-order valence-electron chi connectivity index (χ1n) is 4.67. The molecule has 17 heavy (non-hydrogen) atoms. The van der Waals surface area contributed by atoms with Crippen molar-refractivity contribution in [1.29, 1.82) is 0 Å². The summed E-state index contributed by atoms with van der Waals surface area (Å²) in [5.74, 6) is 0.777. The molecule has 0 bridgehead atoms. The second-order valence-electron chi connectivity index (χ2n) is 3.24. The number of furan rings is 1. The molecule has 0 spiro atoms. The van der Waals surface area contributed by atoms with Crippen LogP contribution in [-0.2, 0) is 4.79 Å². The van der Waals surface area contributed by atoms with Gasteiger partial charge in [0.05, 0.1) is 6.21 Å². The lowest BCUT2D eigenvalue weighted by molar-refractivity contribution is -0.123. The van der Waals surface area contributed by atoms with Crippen LogP contribution in [0, 0.1) is 6.92 Å². The molecule has 0 unspecified atom stereocenters. The highest BCUT2D eigenvalue weighted by atomic mass is 32.1. The molecule has 2 rings (SSSR count). The topological polar surface area (TPSA) is 70.5 Å². The van der Waals surface area contributed by atoms with E-state index in [1.54, 1.807) is 12.1 Å². The Morgan fingerprint density at radius 2 is 2.29 bits per heavy atom. The third kappa shape index (κ3) is 2.34. The maximum absolute atomic E-state index is 11.6. The Kier molecular flexibility index (Phi) is 2.92. The largest absolute Gasteiger partial charge is 0.460 e. The van der Waals surface area contributed by atoms with E-state index in [2.05, 4.69) is 21.9 Å². The van der Waals surface area contributed by atoms with Gasteiger partial charge in [0.1, 0.15) is 17.2 Å². The second-order valence-corrected chi connectivity index (χ2v) is 3.60. The predicted octanol–water partition coefficient (Wildman–Crippen LogP) is 2.01. The van der Waals surface area contributed by atoms with Crippen LogP contribution < -0.4 is 0 Å². The fourth-order valence-electron chi connectivity index (χ4n) is 1.14. The quantitative estimate of drug-likeness (QED) is 0.456. The van der Waals surface area contributed by atoms with Gasteiger partial charge >= 0.3 is 5.91 Å². The number of aryl methyl sites for hydroxylation is 1. The number of amides is 1. The standard InChI is InChI=1S/C10H8N4O2S/c1-6-3-4-8(16-6)5-11-14-9(15)7(2)12-13-10(14)17/h3-5H,2H2,1H3/b11-5+. The van der Waals surface area contributed by atoms with Crippen molar-refractivity contribution in [3.8, 4) is 0 Å². The van der Waals surface area contributed by atoms with E-state index >= 15 is 0 Å². The minimum absolute atomic E-state index is 0.00799. The van der Waals surface area contributed by atoms with Gasteiger partial charge in [-0.3, -0.25) is 4.79 Å². The van der Waals surface area contributed by atoms with Gasteiger partial charge in [0, 0.05) is 0 Å². The zero-order valence-electron chi connectivity index (χ0n) is 8.95. The minimum atomic E-state index is -0.496. The fraction of sp³-hybridized carbons (Fsp3) is 0.100. The van der Waals surface area contributed by atoms with E-state index < -0.39 is 5.91 Å². The van der Waals surface area contributed by atoms with E-state index in [4.69, 9.17) is 16.6 Å². The molecule has 0 fully saturated rings. The molecule has 1 amide bonds. The van der Waals surface area contributed by atoms with Gasteiger partial charge in [0.25, 0.3) is 0 Å². The number of hydrogen-bond acceptors (Lipinski definition) is 5. The molecule has 1 aromatic rings. The lowest BCUT2D eigenvalue weighted by Gasteiger charge is -2.16. The van der Waals surface area contributed by atoms with E-state index in [-0.39, 0.29) is 10.8 Å². The van der Waals surface area contributed by atoms with Gasteiger partial charge in [0.2, 0.25) is 5.11 Å². The maximum atomic E-state index is 11.6. The number of hydrazone groups is 1. The molecule has 7 heteroatoms. The van der Waals surface area contributed by atoms with Crippen molar-refractivity contribution in [3.05, 3.63) is 35.9 Å². The summed E-state index contributed by atoms with van der Waals surface area (Å²) in [6, 6.07) is 3.52. The Balaban J connectivity index is 2.21. The van der Waals surface area contributed by atoms with Crippen LogP contribution in [0.25, 0.3) is 0 Å². The van der Waals surface area contributed by atoms with Crippen molar-refractivity contribution in [2.45, 2.75) is 6.92 Å². The molecule has 0 atom stereocenters. The summed E-state index contributed by atoms with van der Waals surface area (Å²) in [7, 11) is 0. The molecule has 0 saturated carbocycles. The lowest BCUT2D eigenvalue weighted by atomic mass is 10.4. The highest BCUT2D eigenvalue weighted by Crippen LogP contribution is 2.12. The smallest absolute Gasteiger partial charge is 0.300 e. The molecule has 6 nitrogen and oxygen atoms in total. The predicted molar refractivity (Wildman–Crippen MR) is 64.5 cm³/mol. The fourth-order valence-corrected chi connectivity index (χ4v) is 1.31. The normalized spacial score (nSPS) is 16.3. The van der Waals surface area contributed by atoms with Crippen molar-refractivity contribution < 1.29 is 9.21 Å². The van der Waals surface area contributed by atoms with Gasteiger partial charge < -0.3 is 4.42 Å². The molecule has 0 aromatic carbocycles. The summed E-state index contributed by atoms with van der Waals surface area (Å²) < 4.78 is 5.26. The van der Waals surface area contributed by atoms with Gasteiger partial charge in [-0.25, -0.2) is 0 Å². The van der Waals surface area contributed by atoms with Crippen molar-refractivity contribution >= 4 is 29.5 Å². The van der Waals surface area contributed by atoms with E-state index in [1.165, 1.54) is 6.21 Å². The van der Waals surface area contributed by atoms with Crippen LogP contribution >= 0.6 is 12.2 Å². The number of rotatable bonds is 2. The van der Waals surface area contributed by atoms with Crippen LogP contribution in [0.4, 0.5) is 0 Å². The van der Waals surface area contributed by atoms with Crippen LogP contribution in [0.2, 0.25) is 0 Å². The summed E-state index contributed by atoms with van der Waals surface area (Å²) >= 11 is 4.84. The van der Waals surface area contributed by atoms with Crippen LogP contribution in [0.5, 0.6) is 0 Å². The highest BCUT2D eigenvalue weighted by molar-refractivity contribution is 7.80. The average molecular weight is 248 g/mol. The number of nitrogens with zero attached hydrogens (tertiary/aromatic N) is 4. The second kappa shape index (κ2) is 4.38. The molecular weight excluding hydrogens is 240 g/mol. The molecular formula is C10H8N4O2S. The van der Waals surface area contributed by atoms with Crippen LogP contribution in [0.15, 0.2) is 44.2 Å². The summed E-state index contributed by atoms with van der Waals surface area (Å²) in [6.07, 6.45) is 1.38. The molecule has 0 radical (unpaired) electrons. The number of carbonyl (C=O) groups excluding carboxylic acids is 1. The molecule has 1 aromatic heterocycles. The maximum Gasteiger partial charge on any atom is 0.300 e. The first-order chi connectivity index (χ1) is 8.08. The van der Waals surface area contributed by atoms with Crippen molar-refractivity contribution in [2.75, 3.05) is 0 Å². The Morgan fingerprint density at radius 1 is 1.53 bits per heavy atom. The number of carbonyl (C=O) groups is 1. The SMILES string of the molecule is C=C1N=NC(=S)N(/N=C/c2ccc(C)o2)C1=O. The first kappa shape index (κ1) is 11.3. The van der Waals surface area contributed by atoms with Crippen LogP contribution in [0.1, 0.15) is 11.5 Å². The van der Waals surface area contributed by atoms with Crippen molar-refractivity contribution in [2.24, 2.45) is 15.3 Å². The lowest BCUT2D eigenvalue weighted by Crippen LogP contribution is -2.33. The summed E-state index contributed by atoms with van der Waals surface area (Å²) in [6.45, 7) is 5.24. The third-order valence-electron chi connectivity index (χ3n) is 1.94. The molecule has 1 aliphatic heterocycles. The Labute approximate surface area is 102 Å². The third-order valence-corrected chi connectivity index (χ3v) is 2.19. The van der Waals surface area contributed by atoms with E-state index in [0.717, 1.165) is 10.8 Å². The van der Waals surface area contributed by atoms with E-state index in [9.17, 15) is 4.79 Å². The van der Waals surface area contributed by atoms with Gasteiger partial charge in [-0.2, -0.15) is 10.1 Å². The van der Waals surface area contributed by atoms with E-state index in [0.29, 0.717) is 5.76 Å². The van der Waals surface area contributed by atoms with Gasteiger partial charge in [-0.15, -0.1) is 10.2 Å². The Hall–Kier alpha value is -2.15. The molecule has 0 saturated heterocycles. The Morgan fingerprint density at radius 3 is 2.94 bits per heavy atom. The zero-order chi connectivity index (χ0) is 12.4. The summed E-state index contributed by atoms with van der Waals surface area (Å²) in [5.41, 5.74) is -0.00799. The molecule has 1 aliphatic rings. The molecule has 86 valence electrons. The average Bonchev–Trinajstić information content (AvgIpc) is 2.70. The van der Waals surface area contributed by atoms with Crippen LogP contribution in [-0.4, -0.2) is 22.2 Å². The summed E-state index contributed by atoms with van der Waals surface area (Å²) in [4.78, 5) is 11.6. The molecule has 0 aliphatic carbocycles. The van der Waals surface area contributed by atoms with Gasteiger partial charge in [-0.1, -0.05) is 6.58 Å².